The van der Waals surface area contributed by atoms with Crippen LogP contribution in [-0.4, -0.2) is 39.1 Å². The van der Waals surface area contributed by atoms with Crippen molar-refractivity contribution in [2.24, 2.45) is 0 Å². The van der Waals surface area contributed by atoms with Gasteiger partial charge in [0.1, 0.15) is 19.0 Å². The highest BCUT2D eigenvalue weighted by Gasteiger charge is 2.52. The first-order valence-electron chi connectivity index (χ1n) is 7.33. The lowest BCUT2D eigenvalue weighted by molar-refractivity contribution is -0.121. The normalized spacial score (nSPS) is 21.8. The molecule has 25 heavy (non-hydrogen) atoms. The molecule has 2 N–H and O–H groups in total. The van der Waals surface area contributed by atoms with Gasteiger partial charge in [-0.15, -0.1) is 0 Å². The first kappa shape index (κ1) is 17.0. The summed E-state index contributed by atoms with van der Waals surface area (Å²) in [5.74, 6) is -4.33. The van der Waals surface area contributed by atoms with Crippen LogP contribution in [0.2, 0.25) is 0 Å². The van der Waals surface area contributed by atoms with Gasteiger partial charge in [-0.05, 0) is 12.1 Å². The standard InChI is InChI=1S/C15H14F2N4O4/c16-15(17)6-10(7-24-11(22)9-4-2-1-3-5-9)25-12(15)21-8-19-13(18)20-14(21)23/h1-5,8,10,12H,6-7H2,(H2,18,20,23)/t10-,12?/m0/s1. The van der Waals surface area contributed by atoms with Crippen LogP contribution in [0.1, 0.15) is 23.0 Å². The molecule has 0 spiro atoms. The van der Waals surface area contributed by atoms with Crippen LogP contribution in [0, 0.1) is 0 Å². The number of carbonyl (C=O) groups is 1. The number of aromatic nitrogens is 3. The van der Waals surface area contributed by atoms with E-state index >= 15 is 0 Å². The third-order valence-electron chi connectivity index (χ3n) is 3.59. The van der Waals surface area contributed by atoms with E-state index in [1.165, 1.54) is 0 Å². The number of alkyl halides is 2. The molecule has 1 fully saturated rings. The fraction of sp³-hybridized carbons (Fsp3) is 0.333. The molecule has 0 saturated carbocycles. The summed E-state index contributed by atoms with van der Waals surface area (Å²) in [6.45, 7) is -0.371. The number of ether oxygens (including phenoxy) is 2. The molecule has 1 aliphatic heterocycles. The molecule has 2 atom stereocenters. The van der Waals surface area contributed by atoms with Crippen molar-refractivity contribution in [3.05, 3.63) is 52.7 Å². The number of esters is 1. The van der Waals surface area contributed by atoms with Crippen molar-refractivity contribution in [1.29, 1.82) is 0 Å². The summed E-state index contributed by atoms with van der Waals surface area (Å²) >= 11 is 0. The second-order valence-electron chi connectivity index (χ2n) is 5.44. The van der Waals surface area contributed by atoms with Crippen LogP contribution in [-0.2, 0) is 9.47 Å². The van der Waals surface area contributed by atoms with Gasteiger partial charge in [0.2, 0.25) is 12.2 Å². The second-order valence-corrected chi connectivity index (χ2v) is 5.44. The van der Waals surface area contributed by atoms with Gasteiger partial charge in [-0.2, -0.15) is 4.98 Å². The minimum absolute atomic E-state index is 0.298. The Morgan fingerprint density at radius 2 is 2.12 bits per heavy atom. The molecule has 0 radical (unpaired) electrons. The number of hydrogen-bond acceptors (Lipinski definition) is 7. The molecule has 0 amide bonds. The van der Waals surface area contributed by atoms with Crippen LogP contribution in [0.5, 0.6) is 0 Å². The van der Waals surface area contributed by atoms with E-state index in [1.54, 1.807) is 30.3 Å². The van der Waals surface area contributed by atoms with Gasteiger partial charge in [0, 0.05) is 6.42 Å². The zero-order valence-corrected chi connectivity index (χ0v) is 12.8. The molecule has 132 valence electrons. The molecule has 0 aliphatic carbocycles. The Hall–Kier alpha value is -2.88. The fourth-order valence-corrected chi connectivity index (χ4v) is 2.44. The van der Waals surface area contributed by atoms with Gasteiger partial charge in [-0.25, -0.2) is 27.9 Å². The van der Waals surface area contributed by atoms with Crippen LogP contribution >= 0.6 is 0 Å². The van der Waals surface area contributed by atoms with Crippen LogP contribution in [0.3, 0.4) is 0 Å². The Labute approximate surface area is 140 Å². The van der Waals surface area contributed by atoms with Crippen molar-refractivity contribution in [2.45, 2.75) is 24.7 Å². The molecular weight excluding hydrogens is 338 g/mol. The molecular formula is C15H14F2N4O4. The summed E-state index contributed by atoms with van der Waals surface area (Å²) in [6, 6.07) is 8.12. The van der Waals surface area contributed by atoms with Gasteiger partial charge in [0.05, 0.1) is 5.56 Å². The molecule has 1 aromatic heterocycles. The van der Waals surface area contributed by atoms with Gasteiger partial charge < -0.3 is 15.2 Å². The van der Waals surface area contributed by atoms with E-state index in [0.717, 1.165) is 6.33 Å². The Morgan fingerprint density at radius 1 is 1.40 bits per heavy atom. The van der Waals surface area contributed by atoms with E-state index in [-0.39, 0.29) is 12.6 Å². The molecule has 0 bridgehead atoms. The first-order valence-corrected chi connectivity index (χ1v) is 7.33. The first-order chi connectivity index (χ1) is 11.9. The lowest BCUT2D eigenvalue weighted by Crippen LogP contribution is -2.35. The largest absolute Gasteiger partial charge is 0.459 e. The molecule has 3 rings (SSSR count). The van der Waals surface area contributed by atoms with Crippen LogP contribution in [0.4, 0.5) is 14.7 Å². The quantitative estimate of drug-likeness (QED) is 0.818. The van der Waals surface area contributed by atoms with Crippen molar-refractivity contribution in [3.63, 3.8) is 0 Å². The molecule has 8 nitrogen and oxygen atoms in total. The van der Waals surface area contributed by atoms with Crippen molar-refractivity contribution in [2.75, 3.05) is 12.3 Å². The third-order valence-corrected chi connectivity index (χ3v) is 3.59. The number of rotatable bonds is 4. The molecule has 2 heterocycles. The molecule has 1 aliphatic rings. The van der Waals surface area contributed by atoms with Crippen LogP contribution in [0.25, 0.3) is 0 Å². The number of carbonyl (C=O) groups excluding carboxylic acids is 1. The van der Waals surface area contributed by atoms with Crippen molar-refractivity contribution in [1.82, 2.24) is 14.5 Å². The highest BCUT2D eigenvalue weighted by Crippen LogP contribution is 2.41. The van der Waals surface area contributed by atoms with Gasteiger partial charge in [0.25, 0.3) is 5.92 Å². The van der Waals surface area contributed by atoms with Gasteiger partial charge in [-0.3, -0.25) is 0 Å². The van der Waals surface area contributed by atoms with E-state index in [9.17, 15) is 18.4 Å². The van der Waals surface area contributed by atoms with E-state index in [2.05, 4.69) is 9.97 Å². The van der Waals surface area contributed by atoms with Crippen LogP contribution in [0.15, 0.2) is 41.5 Å². The van der Waals surface area contributed by atoms with Crippen molar-refractivity contribution >= 4 is 11.9 Å². The monoisotopic (exact) mass is 352 g/mol. The molecule has 1 saturated heterocycles. The highest BCUT2D eigenvalue weighted by molar-refractivity contribution is 5.89. The van der Waals surface area contributed by atoms with Crippen molar-refractivity contribution in [3.8, 4) is 0 Å². The Kier molecular flexibility index (Phi) is 4.45. The maximum Gasteiger partial charge on any atom is 0.354 e. The number of halogens is 2. The highest BCUT2D eigenvalue weighted by atomic mass is 19.3. The second kappa shape index (κ2) is 6.55. The SMILES string of the molecule is Nc1ncn(C2O[C@H](COC(=O)c3ccccc3)CC2(F)F)c(=O)n1. The predicted octanol–water partition coefficient (Wildman–Crippen LogP) is 1.00. The summed E-state index contributed by atoms with van der Waals surface area (Å²) in [5.41, 5.74) is 4.53. The van der Waals surface area contributed by atoms with Crippen LogP contribution < -0.4 is 11.4 Å². The topological polar surface area (TPSA) is 109 Å². The Morgan fingerprint density at radius 3 is 2.80 bits per heavy atom. The zero-order valence-electron chi connectivity index (χ0n) is 12.8. The third kappa shape index (κ3) is 3.63. The molecule has 1 unspecified atom stereocenters. The van der Waals surface area contributed by atoms with Gasteiger partial charge in [0.15, 0.2) is 0 Å². The molecule has 10 heteroatoms. The lowest BCUT2D eigenvalue weighted by Gasteiger charge is -2.19. The Balaban J connectivity index is 1.68. The lowest BCUT2D eigenvalue weighted by atomic mass is 10.2. The predicted molar refractivity (Wildman–Crippen MR) is 80.9 cm³/mol. The minimum Gasteiger partial charge on any atom is -0.459 e. The van der Waals surface area contributed by atoms with E-state index in [0.29, 0.717) is 10.1 Å². The number of anilines is 1. The fourth-order valence-electron chi connectivity index (χ4n) is 2.44. The summed E-state index contributed by atoms with van der Waals surface area (Å²) in [7, 11) is 0. The molecule has 2 aromatic rings. The summed E-state index contributed by atoms with van der Waals surface area (Å²) < 4.78 is 39.1. The number of nitrogens with two attached hydrogens (primary N) is 1. The Bertz CT molecular complexity index is 828. The maximum atomic E-state index is 14.2. The minimum atomic E-state index is -3.35. The molecule has 1 aromatic carbocycles. The van der Waals surface area contributed by atoms with Gasteiger partial charge >= 0.3 is 11.7 Å². The van der Waals surface area contributed by atoms with Crippen molar-refractivity contribution < 1.29 is 23.0 Å². The average molecular weight is 352 g/mol. The number of benzene rings is 1. The summed E-state index contributed by atoms with van der Waals surface area (Å²) in [6.07, 6.45) is -2.82. The average Bonchev–Trinajstić information content (AvgIpc) is 2.88. The van der Waals surface area contributed by atoms with E-state index < -0.39 is 36.3 Å². The summed E-state index contributed by atoms with van der Waals surface area (Å²) in [5, 5.41) is 0. The smallest absolute Gasteiger partial charge is 0.354 e. The number of nitrogens with zero attached hydrogens (tertiary/aromatic N) is 3. The number of nitrogen functional groups attached to an aromatic ring is 1. The van der Waals surface area contributed by atoms with E-state index in [4.69, 9.17) is 15.2 Å². The van der Waals surface area contributed by atoms with E-state index in [1.807, 2.05) is 0 Å². The maximum absolute atomic E-state index is 14.2. The zero-order chi connectivity index (χ0) is 18.0. The number of hydrogen-bond donors (Lipinski definition) is 1. The summed E-state index contributed by atoms with van der Waals surface area (Å²) in [4.78, 5) is 30.4. The van der Waals surface area contributed by atoms with Gasteiger partial charge in [-0.1, -0.05) is 18.2 Å².